The standard InChI is InChI=1S/C14H24N2O/c1-11(2)8-15-9-13-6-5-7-14(16-13)17-10-12(3)4/h5-7,11-12,15H,8-10H2,1-4H3. The quantitative estimate of drug-likeness (QED) is 0.790. The van der Waals surface area contributed by atoms with Gasteiger partial charge in [-0.05, 0) is 24.4 Å². The fourth-order valence-corrected chi connectivity index (χ4v) is 1.38. The molecule has 0 aliphatic rings. The van der Waals surface area contributed by atoms with E-state index < -0.39 is 0 Å². The van der Waals surface area contributed by atoms with Crippen molar-refractivity contribution in [2.24, 2.45) is 11.8 Å². The van der Waals surface area contributed by atoms with Crippen LogP contribution in [0.15, 0.2) is 18.2 Å². The number of nitrogens with one attached hydrogen (secondary N) is 1. The lowest BCUT2D eigenvalue weighted by atomic mass is 10.2. The molecule has 3 heteroatoms. The molecule has 0 unspecified atom stereocenters. The summed E-state index contributed by atoms with van der Waals surface area (Å²) >= 11 is 0. The summed E-state index contributed by atoms with van der Waals surface area (Å²) in [5.74, 6) is 1.91. The Morgan fingerprint density at radius 2 is 1.94 bits per heavy atom. The number of ether oxygens (including phenoxy) is 1. The zero-order valence-electron chi connectivity index (χ0n) is 11.4. The molecule has 1 N–H and O–H groups in total. The van der Waals surface area contributed by atoms with Crippen LogP contribution in [0.3, 0.4) is 0 Å². The number of aromatic nitrogens is 1. The molecule has 1 heterocycles. The molecule has 0 spiro atoms. The molecule has 0 saturated heterocycles. The van der Waals surface area contributed by atoms with E-state index >= 15 is 0 Å². The highest BCUT2D eigenvalue weighted by molar-refractivity contribution is 5.15. The van der Waals surface area contributed by atoms with E-state index in [9.17, 15) is 0 Å². The van der Waals surface area contributed by atoms with Crippen LogP contribution in [0.4, 0.5) is 0 Å². The summed E-state index contributed by atoms with van der Waals surface area (Å²) in [5.41, 5.74) is 1.03. The maximum Gasteiger partial charge on any atom is 0.213 e. The van der Waals surface area contributed by atoms with Crippen LogP contribution in [0.2, 0.25) is 0 Å². The first-order chi connectivity index (χ1) is 8.08. The van der Waals surface area contributed by atoms with E-state index in [1.807, 2.05) is 18.2 Å². The summed E-state index contributed by atoms with van der Waals surface area (Å²) in [6.45, 7) is 11.2. The van der Waals surface area contributed by atoms with Crippen molar-refractivity contribution in [2.75, 3.05) is 13.2 Å². The second-order valence-corrected chi connectivity index (χ2v) is 5.20. The molecule has 1 aromatic heterocycles. The van der Waals surface area contributed by atoms with E-state index in [-0.39, 0.29) is 0 Å². The van der Waals surface area contributed by atoms with Crippen LogP contribution < -0.4 is 10.1 Å². The topological polar surface area (TPSA) is 34.1 Å². The molecule has 17 heavy (non-hydrogen) atoms. The normalized spacial score (nSPS) is 11.2. The molecule has 96 valence electrons. The monoisotopic (exact) mass is 236 g/mol. The van der Waals surface area contributed by atoms with Crippen molar-refractivity contribution in [3.8, 4) is 5.88 Å². The zero-order valence-corrected chi connectivity index (χ0v) is 11.4. The van der Waals surface area contributed by atoms with Gasteiger partial charge in [0.25, 0.3) is 0 Å². The molecule has 0 bridgehead atoms. The van der Waals surface area contributed by atoms with Crippen LogP contribution in [0.25, 0.3) is 0 Å². The Bertz CT molecular complexity index is 324. The smallest absolute Gasteiger partial charge is 0.213 e. The Kier molecular flexibility index (Phi) is 5.98. The Morgan fingerprint density at radius 1 is 1.18 bits per heavy atom. The minimum absolute atomic E-state index is 0.527. The van der Waals surface area contributed by atoms with Gasteiger partial charge in [-0.2, -0.15) is 0 Å². The van der Waals surface area contributed by atoms with Crippen LogP contribution in [0.1, 0.15) is 33.4 Å². The van der Waals surface area contributed by atoms with Crippen molar-refractivity contribution in [2.45, 2.75) is 34.2 Å². The van der Waals surface area contributed by atoms with Crippen LogP contribution in [0, 0.1) is 11.8 Å². The molecule has 0 saturated carbocycles. The minimum atomic E-state index is 0.527. The van der Waals surface area contributed by atoms with Gasteiger partial charge in [0.2, 0.25) is 5.88 Å². The van der Waals surface area contributed by atoms with Crippen molar-refractivity contribution in [3.05, 3.63) is 23.9 Å². The van der Waals surface area contributed by atoms with Gasteiger partial charge in [-0.1, -0.05) is 33.8 Å². The first-order valence-corrected chi connectivity index (χ1v) is 6.37. The van der Waals surface area contributed by atoms with Crippen LogP contribution in [-0.4, -0.2) is 18.1 Å². The Labute approximate surface area is 105 Å². The summed E-state index contributed by atoms with van der Waals surface area (Å²) < 4.78 is 5.60. The Balaban J connectivity index is 2.42. The average molecular weight is 236 g/mol. The maximum atomic E-state index is 5.60. The van der Waals surface area contributed by atoms with Gasteiger partial charge in [0, 0.05) is 12.6 Å². The average Bonchev–Trinajstić information content (AvgIpc) is 2.26. The lowest BCUT2D eigenvalue weighted by Gasteiger charge is -2.10. The van der Waals surface area contributed by atoms with Gasteiger partial charge in [0.15, 0.2) is 0 Å². The van der Waals surface area contributed by atoms with Crippen LogP contribution in [-0.2, 0) is 6.54 Å². The highest BCUT2D eigenvalue weighted by Crippen LogP contribution is 2.09. The van der Waals surface area contributed by atoms with Gasteiger partial charge in [0.1, 0.15) is 0 Å². The zero-order chi connectivity index (χ0) is 12.7. The third kappa shape index (κ3) is 6.27. The molecule has 1 aromatic rings. The first-order valence-electron chi connectivity index (χ1n) is 6.37. The summed E-state index contributed by atoms with van der Waals surface area (Å²) in [6.07, 6.45) is 0. The molecule has 1 rings (SSSR count). The predicted molar refractivity (Wildman–Crippen MR) is 71.1 cm³/mol. The van der Waals surface area contributed by atoms with Crippen molar-refractivity contribution in [3.63, 3.8) is 0 Å². The van der Waals surface area contributed by atoms with E-state index in [1.54, 1.807) is 0 Å². The number of nitrogens with zero attached hydrogens (tertiary/aromatic N) is 1. The fraction of sp³-hybridized carbons (Fsp3) is 0.643. The number of hydrogen-bond donors (Lipinski definition) is 1. The highest BCUT2D eigenvalue weighted by Gasteiger charge is 2.01. The van der Waals surface area contributed by atoms with Gasteiger partial charge < -0.3 is 10.1 Å². The molecular weight excluding hydrogens is 212 g/mol. The maximum absolute atomic E-state index is 5.60. The van der Waals surface area contributed by atoms with Gasteiger partial charge >= 0.3 is 0 Å². The minimum Gasteiger partial charge on any atom is -0.477 e. The molecule has 0 aromatic carbocycles. The summed E-state index contributed by atoms with van der Waals surface area (Å²) in [7, 11) is 0. The largest absolute Gasteiger partial charge is 0.477 e. The van der Waals surface area contributed by atoms with E-state index in [1.165, 1.54) is 0 Å². The molecule has 0 amide bonds. The highest BCUT2D eigenvalue weighted by atomic mass is 16.5. The van der Waals surface area contributed by atoms with E-state index in [2.05, 4.69) is 38.0 Å². The van der Waals surface area contributed by atoms with Gasteiger partial charge in [-0.3, -0.25) is 0 Å². The Hall–Kier alpha value is -1.09. The number of hydrogen-bond acceptors (Lipinski definition) is 3. The summed E-state index contributed by atoms with van der Waals surface area (Å²) in [4.78, 5) is 4.46. The van der Waals surface area contributed by atoms with Crippen LogP contribution in [0.5, 0.6) is 5.88 Å². The van der Waals surface area contributed by atoms with E-state index in [0.29, 0.717) is 11.8 Å². The molecule has 0 fully saturated rings. The summed E-state index contributed by atoms with van der Waals surface area (Å²) in [6, 6.07) is 5.93. The van der Waals surface area contributed by atoms with Gasteiger partial charge in [-0.25, -0.2) is 4.98 Å². The first kappa shape index (κ1) is 14.0. The fourth-order valence-electron chi connectivity index (χ4n) is 1.38. The lowest BCUT2D eigenvalue weighted by molar-refractivity contribution is 0.260. The molecular formula is C14H24N2O. The lowest BCUT2D eigenvalue weighted by Crippen LogP contribution is -2.19. The SMILES string of the molecule is CC(C)CNCc1cccc(OCC(C)C)n1. The van der Waals surface area contributed by atoms with Crippen molar-refractivity contribution in [1.29, 1.82) is 0 Å². The van der Waals surface area contributed by atoms with Crippen molar-refractivity contribution >= 4 is 0 Å². The molecule has 0 radical (unpaired) electrons. The van der Waals surface area contributed by atoms with Gasteiger partial charge in [-0.15, -0.1) is 0 Å². The second kappa shape index (κ2) is 7.28. The number of pyridine rings is 1. The van der Waals surface area contributed by atoms with E-state index in [0.717, 1.165) is 31.3 Å². The third-order valence-electron chi connectivity index (χ3n) is 2.20. The Morgan fingerprint density at radius 3 is 2.59 bits per heavy atom. The predicted octanol–water partition coefficient (Wildman–Crippen LogP) is 2.86. The van der Waals surface area contributed by atoms with Gasteiger partial charge in [0.05, 0.1) is 12.3 Å². The molecule has 0 atom stereocenters. The second-order valence-electron chi connectivity index (χ2n) is 5.20. The van der Waals surface area contributed by atoms with E-state index in [4.69, 9.17) is 4.74 Å². The van der Waals surface area contributed by atoms with Crippen molar-refractivity contribution < 1.29 is 4.74 Å². The third-order valence-corrected chi connectivity index (χ3v) is 2.20. The van der Waals surface area contributed by atoms with Crippen LogP contribution >= 0.6 is 0 Å². The summed E-state index contributed by atoms with van der Waals surface area (Å²) in [5, 5.41) is 3.38. The molecule has 0 aliphatic carbocycles. The number of rotatable bonds is 7. The molecule has 3 nitrogen and oxygen atoms in total. The van der Waals surface area contributed by atoms with Crippen molar-refractivity contribution in [1.82, 2.24) is 10.3 Å². The molecule has 0 aliphatic heterocycles.